The van der Waals surface area contributed by atoms with Gasteiger partial charge in [0.05, 0.1) is 12.2 Å². The standard InChI is InChI=1S/C18H26F2N2O4/c1-3-25-16(17(21)24)14-11(19)7-8-12(15(14)20)26-18(2,10-23)13-6-4-5-9-22-13/h7-8,13,16,22-23H,3-6,9-10H2,1-2H3,(H2,21,24). The highest BCUT2D eigenvalue weighted by atomic mass is 19.1. The van der Waals surface area contributed by atoms with E-state index in [2.05, 4.69) is 5.32 Å². The fourth-order valence-electron chi connectivity index (χ4n) is 3.18. The number of nitrogens with two attached hydrogens (primary N) is 1. The van der Waals surface area contributed by atoms with Gasteiger partial charge in [-0.1, -0.05) is 6.42 Å². The van der Waals surface area contributed by atoms with Gasteiger partial charge < -0.3 is 25.6 Å². The number of carbonyl (C=O) groups is 1. The Hall–Kier alpha value is -1.77. The van der Waals surface area contributed by atoms with Crippen LogP contribution in [-0.4, -0.2) is 42.4 Å². The number of nitrogens with one attached hydrogen (secondary N) is 1. The van der Waals surface area contributed by atoms with Gasteiger partial charge in [0.2, 0.25) is 0 Å². The Labute approximate surface area is 151 Å². The van der Waals surface area contributed by atoms with Crippen LogP contribution < -0.4 is 15.8 Å². The number of hydrogen-bond acceptors (Lipinski definition) is 5. The van der Waals surface area contributed by atoms with Gasteiger partial charge >= 0.3 is 0 Å². The smallest absolute Gasteiger partial charge is 0.251 e. The van der Waals surface area contributed by atoms with Crippen molar-refractivity contribution in [3.63, 3.8) is 0 Å². The molecule has 26 heavy (non-hydrogen) atoms. The number of primary amides is 1. The van der Waals surface area contributed by atoms with Crippen molar-refractivity contribution in [2.75, 3.05) is 19.8 Å². The lowest BCUT2D eigenvalue weighted by Gasteiger charge is -2.39. The Morgan fingerprint density at radius 3 is 2.73 bits per heavy atom. The lowest BCUT2D eigenvalue weighted by molar-refractivity contribution is -0.130. The van der Waals surface area contributed by atoms with Crippen LogP contribution in [0.25, 0.3) is 0 Å². The average Bonchev–Trinajstić information content (AvgIpc) is 2.64. The van der Waals surface area contributed by atoms with Crippen molar-refractivity contribution in [2.24, 2.45) is 5.73 Å². The number of amides is 1. The lowest BCUT2D eigenvalue weighted by Crippen LogP contribution is -2.56. The zero-order valence-electron chi connectivity index (χ0n) is 15.1. The molecule has 0 radical (unpaired) electrons. The zero-order valence-corrected chi connectivity index (χ0v) is 15.1. The highest BCUT2D eigenvalue weighted by Crippen LogP contribution is 2.33. The van der Waals surface area contributed by atoms with Crippen LogP contribution in [-0.2, 0) is 9.53 Å². The van der Waals surface area contributed by atoms with Crippen LogP contribution in [0.5, 0.6) is 5.75 Å². The van der Waals surface area contributed by atoms with E-state index in [9.17, 15) is 18.7 Å². The molecule has 1 aromatic rings. The van der Waals surface area contributed by atoms with Gasteiger partial charge in [-0.15, -0.1) is 0 Å². The highest BCUT2D eigenvalue weighted by molar-refractivity contribution is 5.80. The Kier molecular flexibility index (Phi) is 6.91. The van der Waals surface area contributed by atoms with E-state index in [1.807, 2.05) is 0 Å². The van der Waals surface area contributed by atoms with Crippen LogP contribution in [0, 0.1) is 11.6 Å². The maximum atomic E-state index is 14.9. The van der Waals surface area contributed by atoms with Gasteiger partial charge in [0.1, 0.15) is 11.4 Å². The van der Waals surface area contributed by atoms with Crippen molar-refractivity contribution in [1.82, 2.24) is 5.32 Å². The third kappa shape index (κ3) is 4.31. The third-order valence-electron chi connectivity index (χ3n) is 4.65. The minimum absolute atomic E-state index is 0.0535. The van der Waals surface area contributed by atoms with Crippen LogP contribution in [0.15, 0.2) is 12.1 Å². The molecule has 4 N–H and O–H groups in total. The minimum atomic E-state index is -1.56. The monoisotopic (exact) mass is 372 g/mol. The van der Waals surface area contributed by atoms with E-state index in [0.29, 0.717) is 0 Å². The van der Waals surface area contributed by atoms with Crippen LogP contribution >= 0.6 is 0 Å². The first-order chi connectivity index (χ1) is 12.3. The van der Waals surface area contributed by atoms with E-state index >= 15 is 0 Å². The Morgan fingerprint density at radius 2 is 2.19 bits per heavy atom. The van der Waals surface area contributed by atoms with Gasteiger partial charge in [0.15, 0.2) is 17.7 Å². The van der Waals surface area contributed by atoms with Crippen molar-refractivity contribution in [3.05, 3.63) is 29.3 Å². The van der Waals surface area contributed by atoms with Crippen LogP contribution in [0.4, 0.5) is 8.78 Å². The predicted molar refractivity (Wildman–Crippen MR) is 91.7 cm³/mol. The van der Waals surface area contributed by atoms with Crippen molar-refractivity contribution in [2.45, 2.75) is 50.9 Å². The lowest BCUT2D eigenvalue weighted by atomic mass is 9.89. The van der Waals surface area contributed by atoms with E-state index < -0.39 is 34.8 Å². The molecule has 3 unspecified atom stereocenters. The summed E-state index contributed by atoms with van der Waals surface area (Å²) >= 11 is 0. The molecule has 1 heterocycles. The van der Waals surface area contributed by atoms with Gasteiger partial charge in [-0.3, -0.25) is 4.79 Å². The molecular weight excluding hydrogens is 346 g/mol. The van der Waals surface area contributed by atoms with Crippen LogP contribution in [0.2, 0.25) is 0 Å². The van der Waals surface area contributed by atoms with Crippen molar-refractivity contribution < 1.29 is 28.2 Å². The first-order valence-electron chi connectivity index (χ1n) is 8.76. The van der Waals surface area contributed by atoms with Gasteiger partial charge in [0, 0.05) is 12.6 Å². The summed E-state index contributed by atoms with van der Waals surface area (Å²) in [5, 5.41) is 13.1. The molecule has 2 rings (SSSR count). The number of ether oxygens (including phenoxy) is 2. The molecule has 8 heteroatoms. The van der Waals surface area contributed by atoms with Crippen LogP contribution in [0.1, 0.15) is 44.8 Å². The topological polar surface area (TPSA) is 93.8 Å². The summed E-state index contributed by atoms with van der Waals surface area (Å²) in [5.41, 5.74) is 3.53. The molecule has 1 saturated heterocycles. The number of aliphatic hydroxyl groups excluding tert-OH is 1. The summed E-state index contributed by atoms with van der Waals surface area (Å²) in [7, 11) is 0. The molecule has 146 valence electrons. The number of benzene rings is 1. The number of carbonyl (C=O) groups excluding carboxylic acids is 1. The minimum Gasteiger partial charge on any atom is -0.480 e. The number of aliphatic hydroxyl groups is 1. The first-order valence-corrected chi connectivity index (χ1v) is 8.76. The zero-order chi connectivity index (χ0) is 19.3. The molecule has 0 spiro atoms. The Bertz CT molecular complexity index is 638. The number of rotatable bonds is 8. The molecule has 0 aromatic heterocycles. The van der Waals surface area contributed by atoms with E-state index in [1.54, 1.807) is 13.8 Å². The van der Waals surface area contributed by atoms with Crippen molar-refractivity contribution in [3.8, 4) is 5.75 Å². The first kappa shape index (κ1) is 20.5. The molecule has 3 atom stereocenters. The quantitative estimate of drug-likeness (QED) is 0.647. The third-order valence-corrected chi connectivity index (χ3v) is 4.65. The summed E-state index contributed by atoms with van der Waals surface area (Å²) < 4.78 is 40.0. The second-order valence-electron chi connectivity index (χ2n) is 6.59. The molecule has 0 saturated carbocycles. The molecular formula is C18H26F2N2O4. The van der Waals surface area contributed by atoms with E-state index in [4.69, 9.17) is 15.2 Å². The van der Waals surface area contributed by atoms with Gasteiger partial charge in [-0.25, -0.2) is 8.78 Å². The second-order valence-corrected chi connectivity index (χ2v) is 6.59. The van der Waals surface area contributed by atoms with E-state index in [0.717, 1.165) is 37.9 Å². The van der Waals surface area contributed by atoms with E-state index in [-0.39, 0.29) is 25.0 Å². The van der Waals surface area contributed by atoms with Crippen molar-refractivity contribution >= 4 is 5.91 Å². The normalized spacial score (nSPS) is 21.0. The molecule has 6 nitrogen and oxygen atoms in total. The summed E-state index contributed by atoms with van der Waals surface area (Å²) in [6.45, 7) is 3.71. The number of halogens is 2. The Morgan fingerprint density at radius 1 is 1.46 bits per heavy atom. The highest BCUT2D eigenvalue weighted by Gasteiger charge is 2.38. The van der Waals surface area contributed by atoms with Gasteiger partial charge in [-0.05, 0) is 45.4 Å². The molecule has 1 fully saturated rings. The maximum Gasteiger partial charge on any atom is 0.251 e. The van der Waals surface area contributed by atoms with Crippen molar-refractivity contribution in [1.29, 1.82) is 0 Å². The number of piperidine rings is 1. The fourth-order valence-corrected chi connectivity index (χ4v) is 3.18. The molecule has 1 aliphatic heterocycles. The summed E-state index contributed by atoms with van der Waals surface area (Å²) in [6.07, 6.45) is 1.18. The molecule has 0 bridgehead atoms. The summed E-state index contributed by atoms with van der Waals surface area (Å²) in [4.78, 5) is 11.6. The number of hydrogen-bond donors (Lipinski definition) is 3. The SMILES string of the molecule is CCOC(C(N)=O)c1c(F)ccc(OC(C)(CO)C2CCCCN2)c1F. The maximum absolute atomic E-state index is 14.9. The second kappa shape index (κ2) is 8.75. The summed E-state index contributed by atoms with van der Waals surface area (Å²) in [5.74, 6) is -3.27. The molecule has 1 aliphatic rings. The van der Waals surface area contributed by atoms with E-state index in [1.165, 1.54) is 0 Å². The van der Waals surface area contributed by atoms with Gasteiger partial charge in [-0.2, -0.15) is 0 Å². The average molecular weight is 372 g/mol. The fraction of sp³-hybridized carbons (Fsp3) is 0.611. The summed E-state index contributed by atoms with van der Waals surface area (Å²) in [6, 6.07) is 1.94. The van der Waals surface area contributed by atoms with Crippen LogP contribution in [0.3, 0.4) is 0 Å². The Balaban J connectivity index is 2.37. The van der Waals surface area contributed by atoms with Gasteiger partial charge in [0.25, 0.3) is 5.91 Å². The largest absolute Gasteiger partial charge is 0.480 e. The molecule has 1 aromatic carbocycles. The molecule has 0 aliphatic carbocycles. The predicted octanol–water partition coefficient (Wildman–Crippen LogP) is 1.80. The molecule has 1 amide bonds.